The molecule has 0 amide bonds. The first-order valence-electron chi connectivity index (χ1n) is 8.61. The summed E-state index contributed by atoms with van der Waals surface area (Å²) in [5, 5.41) is 14.4. The van der Waals surface area contributed by atoms with E-state index < -0.39 is 11.6 Å². The Hall–Kier alpha value is -1.40. The van der Waals surface area contributed by atoms with Crippen LogP contribution in [0.4, 0.5) is 5.82 Å². The molecule has 1 aromatic rings. The number of rotatable bonds is 4. The van der Waals surface area contributed by atoms with Crippen molar-refractivity contribution < 1.29 is 14.6 Å². The minimum absolute atomic E-state index is 0.0917. The Labute approximate surface area is 146 Å². The molecule has 4 saturated carbocycles. The van der Waals surface area contributed by atoms with E-state index in [4.69, 9.17) is 16.3 Å². The van der Waals surface area contributed by atoms with Gasteiger partial charge in [-0.25, -0.2) is 9.78 Å². The van der Waals surface area contributed by atoms with Crippen LogP contribution < -0.4 is 5.32 Å². The third-order valence-electron chi connectivity index (χ3n) is 5.67. The largest absolute Gasteiger partial charge is 0.462 e. The Morgan fingerprint density at radius 2 is 2.12 bits per heavy atom. The second-order valence-corrected chi connectivity index (χ2v) is 8.05. The summed E-state index contributed by atoms with van der Waals surface area (Å²) in [6.45, 7) is 2.05. The monoisotopic (exact) mass is 351 g/mol. The van der Waals surface area contributed by atoms with Crippen LogP contribution in [-0.2, 0) is 4.74 Å². The minimum Gasteiger partial charge on any atom is -0.462 e. The molecule has 4 fully saturated rings. The highest BCUT2D eigenvalue weighted by atomic mass is 35.5. The van der Waals surface area contributed by atoms with Gasteiger partial charge in [0, 0.05) is 11.7 Å². The highest BCUT2D eigenvalue weighted by Gasteiger charge is 2.57. The van der Waals surface area contributed by atoms with Crippen molar-refractivity contribution in [3.63, 3.8) is 0 Å². The van der Waals surface area contributed by atoms with Crippen LogP contribution in [0.1, 0.15) is 55.8 Å². The van der Waals surface area contributed by atoms with E-state index in [1.54, 1.807) is 6.92 Å². The molecule has 5 rings (SSSR count). The number of hydrogen-bond donors (Lipinski definition) is 2. The Kier molecular flexibility index (Phi) is 3.73. The van der Waals surface area contributed by atoms with Crippen LogP contribution in [-0.4, -0.2) is 38.8 Å². The Morgan fingerprint density at radius 1 is 1.42 bits per heavy atom. The van der Waals surface area contributed by atoms with Crippen molar-refractivity contribution in [2.45, 2.75) is 56.6 Å². The summed E-state index contributed by atoms with van der Waals surface area (Å²) in [4.78, 5) is 20.3. The van der Waals surface area contributed by atoms with E-state index in [0.29, 0.717) is 29.6 Å². The number of nitrogens with one attached hydrogen (secondary N) is 1. The smallest absolute Gasteiger partial charge is 0.343 e. The number of ether oxygens (including phenoxy) is 1. The van der Waals surface area contributed by atoms with Crippen molar-refractivity contribution >= 4 is 23.4 Å². The van der Waals surface area contributed by atoms with Gasteiger partial charge < -0.3 is 15.2 Å². The second-order valence-electron chi connectivity index (χ2n) is 7.71. The highest BCUT2D eigenvalue weighted by molar-refractivity contribution is 6.28. The lowest BCUT2D eigenvalue weighted by molar-refractivity contribution is -0.127. The molecule has 1 aromatic heterocycles. The third kappa shape index (κ3) is 2.75. The molecular weight excluding hydrogens is 330 g/mol. The van der Waals surface area contributed by atoms with Crippen LogP contribution in [0.15, 0.2) is 6.20 Å². The first-order valence-corrected chi connectivity index (χ1v) is 8.98. The molecule has 4 aliphatic carbocycles. The van der Waals surface area contributed by atoms with E-state index in [9.17, 15) is 9.90 Å². The summed E-state index contributed by atoms with van der Waals surface area (Å²) in [5.74, 6) is 1.03. The fourth-order valence-electron chi connectivity index (χ4n) is 5.43. The first kappa shape index (κ1) is 16.1. The van der Waals surface area contributed by atoms with Crippen molar-refractivity contribution in [2.75, 3.05) is 11.9 Å². The molecule has 130 valence electrons. The van der Waals surface area contributed by atoms with Gasteiger partial charge in [-0.2, -0.15) is 4.98 Å². The van der Waals surface area contributed by atoms with Gasteiger partial charge in [0.2, 0.25) is 5.28 Å². The van der Waals surface area contributed by atoms with Gasteiger partial charge in [0.05, 0.1) is 12.2 Å². The number of carbonyl (C=O) groups is 1. The lowest BCUT2D eigenvalue weighted by Crippen LogP contribution is -2.62. The molecule has 24 heavy (non-hydrogen) atoms. The SMILES string of the molecule is CCOC(=O)c1cnc(Cl)nc1NC12CC3CC(CC(O)(C3)C1)C2. The van der Waals surface area contributed by atoms with Gasteiger partial charge in [-0.1, -0.05) is 0 Å². The quantitative estimate of drug-likeness (QED) is 0.641. The Balaban J connectivity index is 1.66. The number of aliphatic hydroxyl groups is 1. The molecule has 2 unspecified atom stereocenters. The molecule has 7 heteroatoms. The molecule has 4 aliphatic rings. The zero-order valence-corrected chi connectivity index (χ0v) is 14.5. The van der Waals surface area contributed by atoms with E-state index >= 15 is 0 Å². The zero-order valence-electron chi connectivity index (χ0n) is 13.7. The van der Waals surface area contributed by atoms with Crippen LogP contribution in [0.25, 0.3) is 0 Å². The maximum atomic E-state index is 12.2. The minimum atomic E-state index is -0.585. The maximum absolute atomic E-state index is 12.2. The topological polar surface area (TPSA) is 84.3 Å². The van der Waals surface area contributed by atoms with Crippen LogP contribution in [0.2, 0.25) is 5.28 Å². The van der Waals surface area contributed by atoms with Crippen LogP contribution in [0, 0.1) is 11.8 Å². The van der Waals surface area contributed by atoms with Gasteiger partial charge in [-0.15, -0.1) is 0 Å². The van der Waals surface area contributed by atoms with Gasteiger partial charge in [0.15, 0.2) is 0 Å². The summed E-state index contributed by atoms with van der Waals surface area (Å²) in [7, 11) is 0. The molecule has 0 radical (unpaired) electrons. The van der Waals surface area contributed by atoms with Crippen LogP contribution >= 0.6 is 11.6 Å². The molecule has 0 saturated heterocycles. The first-order chi connectivity index (χ1) is 11.4. The molecular formula is C17H22ClN3O3. The van der Waals surface area contributed by atoms with Gasteiger partial charge in [-0.05, 0) is 68.9 Å². The number of anilines is 1. The molecule has 4 bridgehead atoms. The molecule has 1 heterocycles. The lowest BCUT2D eigenvalue weighted by Gasteiger charge is -2.60. The van der Waals surface area contributed by atoms with E-state index in [0.717, 1.165) is 25.7 Å². The van der Waals surface area contributed by atoms with E-state index in [-0.39, 0.29) is 17.4 Å². The molecule has 2 atom stereocenters. The lowest BCUT2D eigenvalue weighted by atomic mass is 9.51. The standard InChI is InChI=1S/C17H22ClN3O3/c1-2-24-14(22)12-8-19-15(18)20-13(12)21-16-4-10-3-11(5-16)7-17(23,6-10)9-16/h8,10-11,23H,2-7,9H2,1H3,(H,19,20,21). The second kappa shape index (κ2) is 5.56. The number of nitrogens with zero attached hydrogens (tertiary/aromatic N) is 2. The Bertz CT molecular complexity index is 667. The number of carbonyl (C=O) groups excluding carboxylic acids is 1. The van der Waals surface area contributed by atoms with Crippen molar-refractivity contribution in [2.24, 2.45) is 11.8 Å². The third-order valence-corrected chi connectivity index (χ3v) is 5.85. The molecule has 6 nitrogen and oxygen atoms in total. The predicted octanol–water partition coefficient (Wildman–Crippen LogP) is 2.80. The van der Waals surface area contributed by atoms with Crippen molar-refractivity contribution in [3.8, 4) is 0 Å². The number of aromatic nitrogens is 2. The van der Waals surface area contributed by atoms with Crippen molar-refractivity contribution in [1.82, 2.24) is 9.97 Å². The average Bonchev–Trinajstić information content (AvgIpc) is 2.44. The van der Waals surface area contributed by atoms with Crippen LogP contribution in [0.5, 0.6) is 0 Å². The van der Waals surface area contributed by atoms with Gasteiger partial charge in [0.1, 0.15) is 11.4 Å². The molecule has 2 N–H and O–H groups in total. The number of hydrogen-bond acceptors (Lipinski definition) is 6. The fraction of sp³-hybridized carbons (Fsp3) is 0.706. The van der Waals surface area contributed by atoms with Gasteiger partial charge >= 0.3 is 5.97 Å². The maximum Gasteiger partial charge on any atom is 0.343 e. The normalized spacial score (nSPS) is 36.6. The Morgan fingerprint density at radius 3 is 2.75 bits per heavy atom. The van der Waals surface area contributed by atoms with Crippen molar-refractivity contribution in [1.29, 1.82) is 0 Å². The average molecular weight is 352 g/mol. The van der Waals surface area contributed by atoms with Gasteiger partial charge in [-0.3, -0.25) is 0 Å². The summed E-state index contributed by atoms with van der Waals surface area (Å²) < 4.78 is 5.10. The summed E-state index contributed by atoms with van der Waals surface area (Å²) in [6.07, 6.45) is 7.07. The number of esters is 1. The summed E-state index contributed by atoms with van der Waals surface area (Å²) in [6, 6.07) is 0. The molecule has 0 aliphatic heterocycles. The summed E-state index contributed by atoms with van der Waals surface area (Å²) in [5.41, 5.74) is -0.514. The van der Waals surface area contributed by atoms with E-state index in [1.807, 2.05) is 0 Å². The molecule has 0 aromatic carbocycles. The van der Waals surface area contributed by atoms with E-state index in [2.05, 4.69) is 15.3 Å². The highest BCUT2D eigenvalue weighted by Crippen LogP contribution is 2.58. The predicted molar refractivity (Wildman–Crippen MR) is 89.0 cm³/mol. The number of halogens is 1. The zero-order chi connectivity index (χ0) is 16.9. The van der Waals surface area contributed by atoms with E-state index in [1.165, 1.54) is 12.6 Å². The van der Waals surface area contributed by atoms with Crippen molar-refractivity contribution in [3.05, 3.63) is 17.0 Å². The van der Waals surface area contributed by atoms with Gasteiger partial charge in [0.25, 0.3) is 0 Å². The fourth-order valence-corrected chi connectivity index (χ4v) is 5.56. The molecule has 0 spiro atoms. The summed E-state index contributed by atoms with van der Waals surface area (Å²) >= 11 is 5.95. The van der Waals surface area contributed by atoms with Crippen LogP contribution in [0.3, 0.4) is 0 Å².